The summed E-state index contributed by atoms with van der Waals surface area (Å²) >= 11 is 3.47. The minimum absolute atomic E-state index is 0.0926. The van der Waals surface area contributed by atoms with Gasteiger partial charge in [-0.3, -0.25) is 4.79 Å². The number of halogens is 1. The van der Waals surface area contributed by atoms with E-state index in [1.807, 2.05) is 36.4 Å². The average molecular weight is 587 g/mol. The summed E-state index contributed by atoms with van der Waals surface area (Å²) in [5.74, 6) is 0.544. The van der Waals surface area contributed by atoms with Crippen molar-refractivity contribution in [2.45, 2.75) is 38.5 Å². The topological polar surface area (TPSA) is 99.9 Å². The van der Waals surface area contributed by atoms with Gasteiger partial charge in [-0.1, -0.05) is 47.1 Å². The minimum Gasteiger partial charge on any atom is -0.458 e. The van der Waals surface area contributed by atoms with Gasteiger partial charge in [0, 0.05) is 27.1 Å². The molecule has 1 atom stereocenters. The van der Waals surface area contributed by atoms with Gasteiger partial charge in [0.15, 0.2) is 17.1 Å². The Kier molecular flexibility index (Phi) is 5.43. The van der Waals surface area contributed by atoms with Crippen molar-refractivity contribution in [1.29, 1.82) is 0 Å². The summed E-state index contributed by atoms with van der Waals surface area (Å²) < 4.78 is 19.2. The second kappa shape index (κ2) is 8.79. The van der Waals surface area contributed by atoms with Gasteiger partial charge in [0.05, 0.1) is 29.0 Å². The second-order valence-electron chi connectivity index (χ2n) is 9.90. The van der Waals surface area contributed by atoms with Gasteiger partial charge >= 0.3 is 5.97 Å². The Morgan fingerprint density at radius 2 is 1.85 bits per heavy atom. The van der Waals surface area contributed by atoms with Gasteiger partial charge in [-0.2, -0.15) is 0 Å². The molecule has 0 unspecified atom stereocenters. The van der Waals surface area contributed by atoms with Gasteiger partial charge in [0.2, 0.25) is 6.79 Å². The second-order valence-corrected chi connectivity index (χ2v) is 10.8. The molecular formula is C30H23BrN2O6. The number of cyclic esters (lactones) is 1. The first-order valence-corrected chi connectivity index (χ1v) is 13.5. The fourth-order valence-corrected chi connectivity index (χ4v) is 5.94. The molecule has 0 spiro atoms. The Labute approximate surface area is 231 Å². The number of pyridine rings is 2. The summed E-state index contributed by atoms with van der Waals surface area (Å²) in [6, 6.07) is 13.6. The molecule has 196 valence electrons. The number of aromatic nitrogens is 2. The van der Waals surface area contributed by atoms with Crippen LogP contribution in [0.4, 0.5) is 0 Å². The first kappa shape index (κ1) is 24.1. The zero-order valence-corrected chi connectivity index (χ0v) is 22.6. The number of ether oxygens (including phenoxy) is 3. The molecule has 0 fully saturated rings. The van der Waals surface area contributed by atoms with Crippen LogP contribution in [0.1, 0.15) is 41.2 Å². The van der Waals surface area contributed by atoms with Crippen LogP contribution in [-0.2, 0) is 34.7 Å². The molecule has 39 heavy (non-hydrogen) atoms. The number of rotatable bonds is 4. The van der Waals surface area contributed by atoms with Gasteiger partial charge in [0.25, 0.3) is 5.56 Å². The van der Waals surface area contributed by atoms with E-state index in [0.717, 1.165) is 26.5 Å². The smallest absolute Gasteiger partial charge is 0.343 e. The highest BCUT2D eigenvalue weighted by molar-refractivity contribution is 9.10. The summed E-state index contributed by atoms with van der Waals surface area (Å²) in [6.07, 6.45) is 4.85. The average Bonchev–Trinajstić information content (AvgIpc) is 3.55. The number of carbonyl (C=O) groups excluding carboxylic acids is 1. The predicted molar refractivity (Wildman–Crippen MR) is 148 cm³/mol. The molecule has 0 radical (unpaired) electrons. The van der Waals surface area contributed by atoms with Crippen LogP contribution >= 0.6 is 15.9 Å². The Hall–Kier alpha value is -3.95. The third-order valence-electron chi connectivity index (χ3n) is 7.80. The lowest BCUT2D eigenvalue weighted by Crippen LogP contribution is -2.44. The van der Waals surface area contributed by atoms with Gasteiger partial charge < -0.3 is 23.9 Å². The van der Waals surface area contributed by atoms with E-state index >= 15 is 0 Å². The Morgan fingerprint density at radius 1 is 1.08 bits per heavy atom. The number of esters is 1. The van der Waals surface area contributed by atoms with Crippen molar-refractivity contribution in [3.8, 4) is 22.9 Å². The van der Waals surface area contributed by atoms with E-state index in [2.05, 4.69) is 28.1 Å². The van der Waals surface area contributed by atoms with Crippen LogP contribution in [0.25, 0.3) is 28.4 Å². The largest absolute Gasteiger partial charge is 0.458 e. The van der Waals surface area contributed by atoms with Gasteiger partial charge in [-0.15, -0.1) is 0 Å². The van der Waals surface area contributed by atoms with Crippen LogP contribution in [0.5, 0.6) is 11.5 Å². The van der Waals surface area contributed by atoms with E-state index in [-0.39, 0.29) is 25.4 Å². The monoisotopic (exact) mass is 586 g/mol. The SMILES string of the molecule is CC[C@@]1(O)C(=O)OCc2c1cc1n(c2=O)Cc2c-1nc1cc3c(cc1c2C/C=C/c1ccc(Br)cc1)OCO3. The lowest BCUT2D eigenvalue weighted by molar-refractivity contribution is -0.172. The number of benzene rings is 2. The van der Waals surface area contributed by atoms with Crippen molar-refractivity contribution in [3.05, 3.63) is 91.2 Å². The maximum atomic E-state index is 13.7. The highest BCUT2D eigenvalue weighted by atomic mass is 79.9. The van der Waals surface area contributed by atoms with E-state index in [9.17, 15) is 14.7 Å². The molecule has 9 heteroatoms. The predicted octanol–water partition coefficient (Wildman–Crippen LogP) is 4.83. The molecule has 4 aromatic rings. The fourth-order valence-electron chi connectivity index (χ4n) is 5.67. The van der Waals surface area contributed by atoms with Crippen LogP contribution in [0.15, 0.2) is 57.8 Å². The summed E-state index contributed by atoms with van der Waals surface area (Å²) in [5.41, 5.74) is 3.43. The van der Waals surface area contributed by atoms with Crippen molar-refractivity contribution in [2.75, 3.05) is 6.79 Å². The molecular weight excluding hydrogens is 564 g/mol. The highest BCUT2D eigenvalue weighted by Crippen LogP contribution is 2.43. The number of hydrogen-bond donors (Lipinski definition) is 1. The Balaban J connectivity index is 1.42. The Morgan fingerprint density at radius 3 is 2.62 bits per heavy atom. The van der Waals surface area contributed by atoms with Crippen molar-refractivity contribution in [3.63, 3.8) is 0 Å². The summed E-state index contributed by atoms with van der Waals surface area (Å²) in [4.78, 5) is 31.2. The number of hydrogen-bond acceptors (Lipinski definition) is 7. The van der Waals surface area contributed by atoms with Gasteiger partial charge in [0.1, 0.15) is 6.61 Å². The highest BCUT2D eigenvalue weighted by Gasteiger charge is 2.45. The standard InChI is InChI=1S/C30H23BrN2O6/c1-2-30(36)22-11-24-27-20(13-33(24)28(34)21(22)14-37-29(30)35)18(5-3-4-16-6-8-17(31)9-7-16)19-10-25-26(39-15-38-25)12-23(19)32-27/h3-4,6-12,36H,2,5,13-15H2,1H3/b4-3+/t30-/m0/s1. The molecule has 0 saturated heterocycles. The molecule has 0 saturated carbocycles. The molecule has 2 aromatic heterocycles. The van der Waals surface area contributed by atoms with Crippen molar-refractivity contribution in [1.82, 2.24) is 9.55 Å². The van der Waals surface area contributed by atoms with Gasteiger partial charge in [-0.05, 0) is 48.2 Å². The van der Waals surface area contributed by atoms with Crippen LogP contribution in [0.3, 0.4) is 0 Å². The zero-order chi connectivity index (χ0) is 26.9. The fraction of sp³-hybridized carbons (Fsp3) is 0.233. The first-order chi connectivity index (χ1) is 18.9. The van der Waals surface area contributed by atoms with Crippen LogP contribution in [0.2, 0.25) is 0 Å². The lowest BCUT2D eigenvalue weighted by Gasteiger charge is -2.31. The molecule has 0 amide bonds. The number of fused-ring (bicyclic) bond motifs is 6. The van der Waals surface area contributed by atoms with E-state index in [1.54, 1.807) is 17.6 Å². The summed E-state index contributed by atoms with van der Waals surface area (Å²) in [5, 5.41) is 12.1. The van der Waals surface area contributed by atoms with Crippen LogP contribution in [-0.4, -0.2) is 27.4 Å². The van der Waals surface area contributed by atoms with Crippen molar-refractivity contribution >= 4 is 38.9 Å². The van der Waals surface area contributed by atoms with Crippen LogP contribution in [0, 0.1) is 0 Å². The normalized spacial score (nSPS) is 18.8. The third kappa shape index (κ3) is 3.64. The van der Waals surface area contributed by atoms with Crippen molar-refractivity contribution in [2.24, 2.45) is 0 Å². The maximum absolute atomic E-state index is 13.7. The van der Waals surface area contributed by atoms with Crippen LogP contribution < -0.4 is 15.0 Å². The lowest BCUT2D eigenvalue weighted by atomic mass is 9.86. The molecule has 5 heterocycles. The molecule has 8 nitrogen and oxygen atoms in total. The molecule has 3 aliphatic rings. The van der Waals surface area contributed by atoms with Crippen molar-refractivity contribution < 1.29 is 24.1 Å². The molecule has 3 aliphatic heterocycles. The zero-order valence-electron chi connectivity index (χ0n) is 21.0. The number of nitrogens with zero attached hydrogens (tertiary/aromatic N) is 2. The molecule has 2 aromatic carbocycles. The van der Waals surface area contributed by atoms with E-state index < -0.39 is 11.6 Å². The van der Waals surface area contributed by atoms with E-state index in [0.29, 0.717) is 52.5 Å². The summed E-state index contributed by atoms with van der Waals surface area (Å²) in [6.45, 7) is 2.01. The Bertz CT molecular complexity index is 1790. The number of allylic oxidation sites excluding steroid dienone is 1. The molecule has 0 aliphatic carbocycles. The molecule has 1 N–H and O–H groups in total. The maximum Gasteiger partial charge on any atom is 0.343 e. The molecule has 0 bridgehead atoms. The number of aliphatic hydroxyl groups is 1. The molecule has 7 rings (SSSR count). The van der Waals surface area contributed by atoms with E-state index in [4.69, 9.17) is 19.2 Å². The summed E-state index contributed by atoms with van der Waals surface area (Å²) in [7, 11) is 0. The first-order valence-electron chi connectivity index (χ1n) is 12.7. The minimum atomic E-state index is -1.87. The third-order valence-corrected chi connectivity index (χ3v) is 8.33. The number of carbonyl (C=O) groups is 1. The quantitative estimate of drug-likeness (QED) is 0.301. The van der Waals surface area contributed by atoms with E-state index in [1.165, 1.54) is 0 Å². The van der Waals surface area contributed by atoms with Gasteiger partial charge in [-0.25, -0.2) is 9.78 Å².